The average Bonchev–Trinajstić information content (AvgIpc) is 3.23. The molecule has 4 rings (SSSR count). The Morgan fingerprint density at radius 1 is 1.34 bits per heavy atom. The van der Waals surface area contributed by atoms with Crippen LogP contribution in [0, 0.1) is 5.82 Å². The van der Waals surface area contributed by atoms with E-state index in [2.05, 4.69) is 15.1 Å². The predicted molar refractivity (Wildman–Crippen MR) is 111 cm³/mol. The molecule has 1 aliphatic rings. The van der Waals surface area contributed by atoms with Gasteiger partial charge in [-0.15, -0.1) is 0 Å². The number of likely N-dealkylation sites (tertiary alicyclic amines) is 1. The second kappa shape index (κ2) is 9.45. The number of amides is 1. The van der Waals surface area contributed by atoms with E-state index in [9.17, 15) is 9.90 Å². The fourth-order valence-electron chi connectivity index (χ4n) is 3.53. The van der Waals surface area contributed by atoms with Gasteiger partial charge in [-0.3, -0.25) is 4.79 Å². The molecule has 2 atom stereocenters. The molecule has 0 aromatic carbocycles. The zero-order valence-electron chi connectivity index (χ0n) is 17.5. The van der Waals surface area contributed by atoms with Crippen molar-refractivity contribution in [3.05, 3.63) is 36.4 Å². The molecule has 4 heterocycles. The molecule has 0 spiro atoms. The van der Waals surface area contributed by atoms with Gasteiger partial charge in [0.05, 0.1) is 29.9 Å². The summed E-state index contributed by atoms with van der Waals surface area (Å²) in [4.78, 5) is 21.8. The minimum atomic E-state index is -0.892. The first-order valence-electron chi connectivity index (χ1n) is 10.3. The van der Waals surface area contributed by atoms with Crippen molar-refractivity contribution in [1.82, 2.24) is 24.5 Å². The average molecular weight is 445 g/mol. The fraction of sp³-hybridized carbons (Fsp3) is 0.429. The molecular weight excluding hydrogens is 421 g/mol. The summed E-state index contributed by atoms with van der Waals surface area (Å²) < 4.78 is 28.0. The van der Waals surface area contributed by atoms with Crippen LogP contribution in [-0.2, 0) is 4.79 Å². The maximum atomic E-state index is 15.1. The standard InChI is InChI=1S/C21H24FN5O5/c1-13(29)12-31-20-18(22)21(32-14-5-4-7-26(10-14)17(30)11-28)25-19(24-20)15-9-23-27-8-3-2-6-16(15)27/h2-3,6,8-9,13-14,28-29H,4-5,7,10-12H2,1H3/t13?,14-/m1/s1. The van der Waals surface area contributed by atoms with Crippen LogP contribution in [0.4, 0.5) is 4.39 Å². The van der Waals surface area contributed by atoms with Crippen LogP contribution in [-0.4, -0.2) is 79.1 Å². The van der Waals surface area contributed by atoms with Crippen molar-refractivity contribution in [1.29, 1.82) is 0 Å². The van der Waals surface area contributed by atoms with Gasteiger partial charge in [-0.25, -0.2) is 4.52 Å². The van der Waals surface area contributed by atoms with Gasteiger partial charge in [0.15, 0.2) is 5.82 Å². The number of pyridine rings is 1. The van der Waals surface area contributed by atoms with Gasteiger partial charge in [0.1, 0.15) is 19.3 Å². The van der Waals surface area contributed by atoms with Gasteiger partial charge >= 0.3 is 0 Å². The Morgan fingerprint density at radius 3 is 2.94 bits per heavy atom. The van der Waals surface area contributed by atoms with Gasteiger partial charge in [-0.2, -0.15) is 19.5 Å². The molecule has 0 aliphatic carbocycles. The van der Waals surface area contributed by atoms with Crippen LogP contribution in [0.5, 0.6) is 11.8 Å². The lowest BCUT2D eigenvalue weighted by atomic mass is 10.1. The van der Waals surface area contributed by atoms with Gasteiger partial charge in [-0.1, -0.05) is 6.07 Å². The molecule has 1 fully saturated rings. The Balaban J connectivity index is 1.68. The Morgan fingerprint density at radius 2 is 2.16 bits per heavy atom. The number of fused-ring (bicyclic) bond motifs is 1. The zero-order chi connectivity index (χ0) is 22.7. The number of aliphatic hydroxyl groups is 2. The molecule has 32 heavy (non-hydrogen) atoms. The van der Waals surface area contributed by atoms with Crippen molar-refractivity contribution < 1.29 is 28.9 Å². The fourth-order valence-corrected chi connectivity index (χ4v) is 3.53. The molecule has 1 amide bonds. The third-order valence-electron chi connectivity index (χ3n) is 5.06. The molecule has 0 saturated carbocycles. The zero-order valence-corrected chi connectivity index (χ0v) is 17.5. The lowest BCUT2D eigenvalue weighted by molar-refractivity contribution is -0.136. The van der Waals surface area contributed by atoms with Crippen LogP contribution >= 0.6 is 0 Å². The summed E-state index contributed by atoms with van der Waals surface area (Å²) in [7, 11) is 0. The first-order valence-corrected chi connectivity index (χ1v) is 10.3. The van der Waals surface area contributed by atoms with E-state index in [-0.39, 0.29) is 30.7 Å². The van der Waals surface area contributed by atoms with Crippen LogP contribution in [0.2, 0.25) is 0 Å². The quantitative estimate of drug-likeness (QED) is 0.554. The lowest BCUT2D eigenvalue weighted by Gasteiger charge is -2.32. The number of piperidine rings is 1. The van der Waals surface area contributed by atoms with E-state index in [0.29, 0.717) is 30.5 Å². The first kappa shape index (κ1) is 21.9. The van der Waals surface area contributed by atoms with Crippen LogP contribution in [0.15, 0.2) is 30.6 Å². The van der Waals surface area contributed by atoms with E-state index < -0.39 is 30.5 Å². The number of halogens is 1. The minimum Gasteiger partial charge on any atom is -0.473 e. The lowest BCUT2D eigenvalue weighted by Crippen LogP contribution is -2.45. The van der Waals surface area contributed by atoms with Gasteiger partial charge in [0.25, 0.3) is 11.8 Å². The Kier molecular flexibility index (Phi) is 6.47. The number of ether oxygens (including phenoxy) is 2. The molecule has 1 aliphatic heterocycles. The van der Waals surface area contributed by atoms with Crippen LogP contribution < -0.4 is 9.47 Å². The Bertz CT molecular complexity index is 1110. The first-order chi connectivity index (χ1) is 15.5. The third-order valence-corrected chi connectivity index (χ3v) is 5.06. The van der Waals surface area contributed by atoms with Crippen LogP contribution in [0.3, 0.4) is 0 Å². The summed E-state index contributed by atoms with van der Waals surface area (Å²) >= 11 is 0. The van der Waals surface area contributed by atoms with Crippen molar-refractivity contribution in [3.63, 3.8) is 0 Å². The number of aliphatic hydroxyl groups excluding tert-OH is 2. The van der Waals surface area contributed by atoms with E-state index >= 15 is 4.39 Å². The molecule has 11 heteroatoms. The van der Waals surface area contributed by atoms with Crippen molar-refractivity contribution in [2.45, 2.75) is 32.0 Å². The van der Waals surface area contributed by atoms with Crippen molar-refractivity contribution in [2.75, 3.05) is 26.3 Å². The Labute approximate surface area is 183 Å². The largest absolute Gasteiger partial charge is 0.473 e. The molecule has 0 bridgehead atoms. The monoisotopic (exact) mass is 445 g/mol. The van der Waals surface area contributed by atoms with Crippen molar-refractivity contribution >= 4 is 11.4 Å². The summed E-state index contributed by atoms with van der Waals surface area (Å²) in [6, 6.07) is 5.48. The third kappa shape index (κ3) is 4.63. The summed E-state index contributed by atoms with van der Waals surface area (Å²) in [5.74, 6) is -1.80. The molecule has 1 saturated heterocycles. The van der Waals surface area contributed by atoms with Gasteiger partial charge in [0.2, 0.25) is 11.7 Å². The predicted octanol–water partition coefficient (Wildman–Crippen LogP) is 1.05. The van der Waals surface area contributed by atoms with Crippen LogP contribution in [0.1, 0.15) is 19.8 Å². The Hall–Kier alpha value is -3.31. The van der Waals surface area contributed by atoms with E-state index in [1.807, 2.05) is 18.2 Å². The molecule has 10 nitrogen and oxygen atoms in total. The number of aromatic nitrogens is 4. The van der Waals surface area contributed by atoms with E-state index in [4.69, 9.17) is 14.6 Å². The second-order valence-corrected chi connectivity index (χ2v) is 7.60. The summed E-state index contributed by atoms with van der Waals surface area (Å²) in [5.41, 5.74) is 1.27. The molecule has 1 unspecified atom stereocenters. The number of hydrogen-bond donors (Lipinski definition) is 2. The summed E-state index contributed by atoms with van der Waals surface area (Å²) in [5, 5.41) is 22.9. The second-order valence-electron chi connectivity index (χ2n) is 7.60. The van der Waals surface area contributed by atoms with Crippen molar-refractivity contribution in [2.24, 2.45) is 0 Å². The normalized spacial score (nSPS) is 17.4. The number of carbonyl (C=O) groups excluding carboxylic acids is 1. The van der Waals surface area contributed by atoms with E-state index in [1.165, 1.54) is 11.8 Å². The van der Waals surface area contributed by atoms with Crippen LogP contribution in [0.25, 0.3) is 16.9 Å². The molecule has 170 valence electrons. The maximum absolute atomic E-state index is 15.1. The smallest absolute Gasteiger partial charge is 0.258 e. The number of rotatable bonds is 7. The van der Waals surface area contributed by atoms with E-state index in [0.717, 1.165) is 0 Å². The highest BCUT2D eigenvalue weighted by molar-refractivity contribution is 5.77. The highest BCUT2D eigenvalue weighted by atomic mass is 19.1. The highest BCUT2D eigenvalue weighted by Crippen LogP contribution is 2.31. The van der Waals surface area contributed by atoms with Gasteiger partial charge < -0.3 is 24.6 Å². The minimum absolute atomic E-state index is 0.155. The maximum Gasteiger partial charge on any atom is 0.258 e. The van der Waals surface area contributed by atoms with Gasteiger partial charge in [0, 0.05) is 12.7 Å². The molecule has 3 aromatic rings. The van der Waals surface area contributed by atoms with Gasteiger partial charge in [-0.05, 0) is 31.9 Å². The SMILES string of the molecule is CC(O)COc1nc(-c2cnn3ccccc23)nc(O[C@@H]2CCCN(C(=O)CO)C2)c1F. The van der Waals surface area contributed by atoms with Crippen molar-refractivity contribution in [3.8, 4) is 23.1 Å². The highest BCUT2D eigenvalue weighted by Gasteiger charge is 2.28. The number of nitrogens with zero attached hydrogens (tertiary/aromatic N) is 5. The molecule has 2 N–H and O–H groups in total. The summed E-state index contributed by atoms with van der Waals surface area (Å²) in [6.07, 6.45) is 3.23. The van der Waals surface area contributed by atoms with E-state index in [1.54, 1.807) is 16.9 Å². The molecule has 0 radical (unpaired) electrons. The molecular formula is C21H24FN5O5. The number of hydrogen-bond acceptors (Lipinski definition) is 8. The number of carbonyl (C=O) groups is 1. The summed E-state index contributed by atoms with van der Waals surface area (Å²) in [6.45, 7) is 1.46. The topological polar surface area (TPSA) is 122 Å². The molecule has 3 aromatic heterocycles.